The number of rotatable bonds is 3. The fourth-order valence-electron chi connectivity index (χ4n) is 3.66. The molecule has 0 bridgehead atoms. The van der Waals surface area contributed by atoms with Crippen molar-refractivity contribution < 1.29 is 0 Å². The van der Waals surface area contributed by atoms with Crippen LogP contribution < -0.4 is 5.32 Å². The van der Waals surface area contributed by atoms with E-state index in [9.17, 15) is 0 Å². The topological polar surface area (TPSA) is 15.3 Å². The van der Waals surface area contributed by atoms with Crippen molar-refractivity contribution in [2.24, 2.45) is 5.41 Å². The predicted molar refractivity (Wildman–Crippen MR) is 83.5 cm³/mol. The number of hydrogen-bond acceptors (Lipinski definition) is 2. The Kier molecular flexibility index (Phi) is 4.32. The van der Waals surface area contributed by atoms with Gasteiger partial charge in [-0.2, -0.15) is 0 Å². The number of nitrogens with one attached hydrogen (secondary N) is 1. The molecule has 19 heavy (non-hydrogen) atoms. The molecule has 1 unspecified atom stereocenters. The van der Waals surface area contributed by atoms with Gasteiger partial charge in [0.2, 0.25) is 0 Å². The first-order chi connectivity index (χ1) is 8.79. The zero-order valence-corrected chi connectivity index (χ0v) is 13.8. The van der Waals surface area contributed by atoms with Crippen LogP contribution in [0.1, 0.15) is 73.1 Å². The van der Waals surface area contributed by atoms with Crippen LogP contribution >= 0.6 is 0 Å². The van der Waals surface area contributed by atoms with E-state index in [1.165, 1.54) is 58.2 Å². The summed E-state index contributed by atoms with van der Waals surface area (Å²) in [7, 11) is 0. The molecule has 0 aromatic rings. The Morgan fingerprint density at radius 2 is 1.79 bits per heavy atom. The average Bonchev–Trinajstić information content (AvgIpc) is 2.79. The molecular formula is C17H34N2. The molecule has 2 fully saturated rings. The van der Waals surface area contributed by atoms with Gasteiger partial charge in [0.25, 0.3) is 0 Å². The van der Waals surface area contributed by atoms with Gasteiger partial charge in [0, 0.05) is 24.2 Å². The normalized spacial score (nSPS) is 32.1. The highest BCUT2D eigenvalue weighted by Gasteiger charge is 2.45. The summed E-state index contributed by atoms with van der Waals surface area (Å²) in [6.45, 7) is 15.6. The molecule has 1 saturated carbocycles. The van der Waals surface area contributed by atoms with Crippen LogP contribution in [-0.2, 0) is 0 Å². The molecule has 0 aromatic carbocycles. The monoisotopic (exact) mass is 266 g/mol. The Morgan fingerprint density at radius 3 is 2.32 bits per heavy atom. The van der Waals surface area contributed by atoms with Crippen LogP contribution in [0.3, 0.4) is 0 Å². The molecule has 2 nitrogen and oxygen atoms in total. The van der Waals surface area contributed by atoms with Crippen molar-refractivity contribution >= 4 is 0 Å². The van der Waals surface area contributed by atoms with Gasteiger partial charge < -0.3 is 5.32 Å². The highest BCUT2D eigenvalue weighted by Crippen LogP contribution is 2.37. The molecule has 2 heteroatoms. The summed E-state index contributed by atoms with van der Waals surface area (Å²) in [5, 5.41) is 3.92. The fourth-order valence-corrected chi connectivity index (χ4v) is 3.66. The third-order valence-electron chi connectivity index (χ3n) is 5.56. The summed E-state index contributed by atoms with van der Waals surface area (Å²) in [6, 6.07) is 0. The van der Waals surface area contributed by atoms with Gasteiger partial charge in [-0.15, -0.1) is 0 Å². The molecule has 1 saturated heterocycles. The SMILES string of the molecule is CCC1(C)CNC2(CCCC2)CN1CCC(C)(C)C. The number of nitrogens with zero attached hydrogens (tertiary/aromatic N) is 1. The zero-order chi connectivity index (χ0) is 14.1. The van der Waals surface area contributed by atoms with Crippen LogP contribution in [0.4, 0.5) is 0 Å². The van der Waals surface area contributed by atoms with Gasteiger partial charge in [-0.3, -0.25) is 4.90 Å². The molecule has 1 aliphatic carbocycles. The minimum absolute atomic E-state index is 0.360. The van der Waals surface area contributed by atoms with Crippen LogP contribution in [0.5, 0.6) is 0 Å². The van der Waals surface area contributed by atoms with E-state index in [4.69, 9.17) is 0 Å². The third-order valence-corrected chi connectivity index (χ3v) is 5.56. The van der Waals surface area contributed by atoms with Crippen LogP contribution in [0.2, 0.25) is 0 Å². The Bertz CT molecular complexity index is 299. The summed E-state index contributed by atoms with van der Waals surface area (Å²) in [4.78, 5) is 2.81. The molecule has 1 heterocycles. The van der Waals surface area contributed by atoms with Crippen molar-refractivity contribution in [2.45, 2.75) is 84.2 Å². The second-order valence-electron chi connectivity index (χ2n) is 8.42. The summed E-state index contributed by atoms with van der Waals surface area (Å²) >= 11 is 0. The fraction of sp³-hybridized carbons (Fsp3) is 1.00. The highest BCUT2D eigenvalue weighted by molar-refractivity contribution is 5.05. The first-order valence-corrected chi connectivity index (χ1v) is 8.29. The second-order valence-corrected chi connectivity index (χ2v) is 8.42. The van der Waals surface area contributed by atoms with E-state index in [-0.39, 0.29) is 0 Å². The van der Waals surface area contributed by atoms with Crippen LogP contribution in [-0.4, -0.2) is 35.6 Å². The Morgan fingerprint density at radius 1 is 1.16 bits per heavy atom. The van der Waals surface area contributed by atoms with Crippen LogP contribution in [0, 0.1) is 5.41 Å². The minimum atomic E-state index is 0.360. The number of hydrogen-bond donors (Lipinski definition) is 1. The third kappa shape index (κ3) is 3.52. The zero-order valence-electron chi connectivity index (χ0n) is 13.8. The first-order valence-electron chi connectivity index (χ1n) is 8.29. The minimum Gasteiger partial charge on any atom is -0.308 e. The molecular weight excluding hydrogens is 232 g/mol. The van der Waals surface area contributed by atoms with Gasteiger partial charge in [0.15, 0.2) is 0 Å². The standard InChI is InChI=1S/C17H34N2/c1-6-16(5)13-18-17(9-7-8-10-17)14-19(16)12-11-15(2,3)4/h18H,6-14H2,1-5H3. The Hall–Kier alpha value is -0.0800. The maximum absolute atomic E-state index is 3.92. The van der Waals surface area contributed by atoms with Crippen molar-refractivity contribution in [3.8, 4) is 0 Å². The van der Waals surface area contributed by atoms with Gasteiger partial charge in [0.1, 0.15) is 0 Å². The molecule has 1 N–H and O–H groups in total. The maximum Gasteiger partial charge on any atom is 0.0309 e. The lowest BCUT2D eigenvalue weighted by atomic mass is 9.83. The van der Waals surface area contributed by atoms with Crippen molar-refractivity contribution in [3.63, 3.8) is 0 Å². The molecule has 1 atom stereocenters. The van der Waals surface area contributed by atoms with Gasteiger partial charge in [-0.25, -0.2) is 0 Å². The summed E-state index contributed by atoms with van der Waals surface area (Å²) in [5.41, 5.74) is 1.26. The van der Waals surface area contributed by atoms with Crippen LogP contribution in [0.15, 0.2) is 0 Å². The first kappa shape index (κ1) is 15.3. The lowest BCUT2D eigenvalue weighted by molar-refractivity contribution is 0.00751. The smallest absolute Gasteiger partial charge is 0.0309 e. The molecule has 2 rings (SSSR count). The van der Waals surface area contributed by atoms with Crippen molar-refractivity contribution in [1.82, 2.24) is 10.2 Å². The quantitative estimate of drug-likeness (QED) is 0.835. The summed E-state index contributed by atoms with van der Waals surface area (Å²) in [6.07, 6.45) is 8.17. The van der Waals surface area contributed by atoms with E-state index in [0.29, 0.717) is 16.5 Å². The lowest BCUT2D eigenvalue weighted by Crippen LogP contribution is -2.68. The lowest BCUT2D eigenvalue weighted by Gasteiger charge is -2.53. The molecule has 2 aliphatic rings. The van der Waals surface area contributed by atoms with Gasteiger partial charge in [-0.05, 0) is 44.6 Å². The Labute approximate surface area is 120 Å². The highest BCUT2D eigenvalue weighted by atomic mass is 15.3. The van der Waals surface area contributed by atoms with E-state index in [1.54, 1.807) is 0 Å². The molecule has 1 spiro atoms. The van der Waals surface area contributed by atoms with E-state index < -0.39 is 0 Å². The van der Waals surface area contributed by atoms with Crippen molar-refractivity contribution in [3.05, 3.63) is 0 Å². The van der Waals surface area contributed by atoms with Gasteiger partial charge in [-0.1, -0.05) is 40.5 Å². The Balaban J connectivity index is 2.04. The average molecular weight is 266 g/mol. The van der Waals surface area contributed by atoms with Crippen molar-refractivity contribution in [1.29, 1.82) is 0 Å². The molecule has 0 amide bonds. The number of piperazine rings is 1. The van der Waals surface area contributed by atoms with Gasteiger partial charge in [0.05, 0.1) is 0 Å². The molecule has 0 radical (unpaired) electrons. The van der Waals surface area contributed by atoms with Gasteiger partial charge >= 0.3 is 0 Å². The maximum atomic E-state index is 3.92. The van der Waals surface area contributed by atoms with Crippen molar-refractivity contribution in [2.75, 3.05) is 19.6 Å². The second kappa shape index (κ2) is 5.37. The van der Waals surface area contributed by atoms with E-state index in [1.807, 2.05) is 0 Å². The van der Waals surface area contributed by atoms with E-state index in [0.717, 1.165) is 0 Å². The summed E-state index contributed by atoms with van der Waals surface area (Å²) < 4.78 is 0. The molecule has 0 aromatic heterocycles. The molecule has 1 aliphatic heterocycles. The van der Waals surface area contributed by atoms with E-state index in [2.05, 4.69) is 44.8 Å². The van der Waals surface area contributed by atoms with E-state index >= 15 is 0 Å². The molecule has 112 valence electrons. The van der Waals surface area contributed by atoms with Crippen LogP contribution in [0.25, 0.3) is 0 Å². The summed E-state index contributed by atoms with van der Waals surface area (Å²) in [5.74, 6) is 0. The predicted octanol–water partition coefficient (Wildman–Crippen LogP) is 3.81. The largest absolute Gasteiger partial charge is 0.308 e.